The van der Waals surface area contributed by atoms with Crippen LogP contribution in [0.2, 0.25) is 5.02 Å². The Morgan fingerprint density at radius 2 is 1.76 bits per heavy atom. The third-order valence-corrected chi connectivity index (χ3v) is 3.53. The van der Waals surface area contributed by atoms with Gasteiger partial charge in [0.1, 0.15) is 0 Å². The minimum atomic E-state index is 0.128. The zero-order valence-corrected chi connectivity index (χ0v) is 14.8. The lowest BCUT2D eigenvalue weighted by Gasteiger charge is -2.26. The molecule has 1 aromatic rings. The van der Waals surface area contributed by atoms with E-state index in [1.807, 2.05) is 12.1 Å². The summed E-state index contributed by atoms with van der Waals surface area (Å²) in [7, 11) is 0. The lowest BCUT2D eigenvalue weighted by atomic mass is 9.94. The van der Waals surface area contributed by atoms with Crippen molar-refractivity contribution in [3.8, 4) is 0 Å². The molecule has 0 saturated heterocycles. The van der Waals surface area contributed by atoms with Crippen molar-refractivity contribution >= 4 is 11.6 Å². The number of nitrogens with one attached hydrogen (secondary N) is 1. The molecule has 0 aliphatic rings. The van der Waals surface area contributed by atoms with E-state index in [2.05, 4.69) is 52.1 Å². The van der Waals surface area contributed by atoms with E-state index in [-0.39, 0.29) is 5.54 Å². The maximum absolute atomic E-state index is 5.99. The van der Waals surface area contributed by atoms with Crippen LogP contribution in [-0.2, 0) is 4.74 Å². The van der Waals surface area contributed by atoms with Crippen LogP contribution >= 0.6 is 11.6 Å². The van der Waals surface area contributed by atoms with Gasteiger partial charge >= 0.3 is 0 Å². The first-order valence-electron chi connectivity index (χ1n) is 7.86. The molecule has 0 radical (unpaired) electrons. The summed E-state index contributed by atoms with van der Waals surface area (Å²) in [6, 6.07) is 8.19. The van der Waals surface area contributed by atoms with Gasteiger partial charge in [0.25, 0.3) is 0 Å². The molecule has 0 amide bonds. The van der Waals surface area contributed by atoms with Gasteiger partial charge in [-0.15, -0.1) is 0 Å². The highest BCUT2D eigenvalue weighted by Gasteiger charge is 2.16. The van der Waals surface area contributed by atoms with Crippen LogP contribution in [0.3, 0.4) is 0 Å². The van der Waals surface area contributed by atoms with Gasteiger partial charge in [-0.2, -0.15) is 0 Å². The van der Waals surface area contributed by atoms with Gasteiger partial charge in [0.05, 0.1) is 0 Å². The number of halogens is 1. The molecule has 2 nitrogen and oxygen atoms in total. The van der Waals surface area contributed by atoms with Crippen LogP contribution in [0.5, 0.6) is 0 Å². The first kappa shape index (κ1) is 18.5. The molecule has 0 aliphatic carbocycles. The average Bonchev–Trinajstić information content (AvgIpc) is 2.38. The van der Waals surface area contributed by atoms with E-state index in [9.17, 15) is 0 Å². The second-order valence-corrected chi connectivity index (χ2v) is 7.57. The fourth-order valence-electron chi connectivity index (χ4n) is 2.10. The van der Waals surface area contributed by atoms with Crippen molar-refractivity contribution in [2.45, 2.75) is 52.5 Å². The highest BCUT2D eigenvalue weighted by molar-refractivity contribution is 6.30. The molecule has 1 atom stereocenters. The third kappa shape index (κ3) is 8.45. The van der Waals surface area contributed by atoms with E-state index in [0.29, 0.717) is 11.8 Å². The van der Waals surface area contributed by atoms with E-state index in [4.69, 9.17) is 16.3 Å². The number of hydrogen-bond acceptors (Lipinski definition) is 2. The molecule has 0 aromatic heterocycles. The Morgan fingerprint density at radius 3 is 2.29 bits per heavy atom. The van der Waals surface area contributed by atoms with E-state index >= 15 is 0 Å². The summed E-state index contributed by atoms with van der Waals surface area (Å²) in [5.41, 5.74) is 1.45. The Balaban J connectivity index is 2.59. The molecular formula is C18H30ClNO. The molecule has 0 bridgehead atoms. The summed E-state index contributed by atoms with van der Waals surface area (Å²) >= 11 is 5.99. The first-order valence-corrected chi connectivity index (χ1v) is 8.24. The largest absolute Gasteiger partial charge is 0.381 e. The smallest absolute Gasteiger partial charge is 0.0488 e. The number of hydrogen-bond donors (Lipinski definition) is 1. The second kappa shape index (κ2) is 8.77. The normalized spacial score (nSPS) is 13.7. The van der Waals surface area contributed by atoms with Crippen LogP contribution in [0.25, 0.3) is 0 Å². The topological polar surface area (TPSA) is 21.3 Å². The molecule has 21 heavy (non-hydrogen) atoms. The molecule has 0 spiro atoms. The Hall–Kier alpha value is -0.570. The fraction of sp³-hybridized carbons (Fsp3) is 0.667. The summed E-state index contributed by atoms with van der Waals surface area (Å²) in [6.45, 7) is 13.5. The monoisotopic (exact) mass is 311 g/mol. The Labute approximate surface area is 135 Å². The first-order chi connectivity index (χ1) is 9.78. The summed E-state index contributed by atoms with van der Waals surface area (Å²) < 4.78 is 5.75. The van der Waals surface area contributed by atoms with Crippen LogP contribution < -0.4 is 5.32 Å². The van der Waals surface area contributed by atoms with E-state index in [1.165, 1.54) is 5.56 Å². The number of rotatable bonds is 8. The van der Waals surface area contributed by atoms with Crippen LogP contribution in [0.15, 0.2) is 24.3 Å². The predicted molar refractivity (Wildman–Crippen MR) is 92.2 cm³/mol. The predicted octanol–water partition coefficient (Wildman–Crippen LogP) is 4.87. The Bertz CT molecular complexity index is 395. The van der Waals surface area contributed by atoms with Crippen molar-refractivity contribution in [2.24, 2.45) is 5.92 Å². The Kier molecular flexibility index (Phi) is 7.72. The summed E-state index contributed by atoms with van der Waals surface area (Å²) in [5, 5.41) is 4.39. The van der Waals surface area contributed by atoms with Gasteiger partial charge in [-0.3, -0.25) is 0 Å². The molecule has 0 saturated carbocycles. The lowest BCUT2D eigenvalue weighted by Crippen LogP contribution is -2.38. The van der Waals surface area contributed by atoms with E-state index < -0.39 is 0 Å². The quantitative estimate of drug-likeness (QED) is 0.691. The molecule has 120 valence electrons. The summed E-state index contributed by atoms with van der Waals surface area (Å²) in [5.74, 6) is 1.04. The SMILES string of the molecule is CC(C)COCCC(CNC(C)(C)C)c1ccc(Cl)cc1. The molecule has 1 aromatic carbocycles. The van der Waals surface area contributed by atoms with Crippen LogP contribution in [0.1, 0.15) is 52.5 Å². The van der Waals surface area contributed by atoms with Crippen molar-refractivity contribution in [3.05, 3.63) is 34.9 Å². The van der Waals surface area contributed by atoms with Crippen molar-refractivity contribution in [1.82, 2.24) is 5.32 Å². The van der Waals surface area contributed by atoms with Crippen LogP contribution in [0.4, 0.5) is 0 Å². The maximum atomic E-state index is 5.99. The minimum absolute atomic E-state index is 0.128. The number of ether oxygens (including phenoxy) is 1. The molecule has 3 heteroatoms. The molecular weight excluding hydrogens is 282 g/mol. The van der Waals surface area contributed by atoms with Crippen LogP contribution in [0, 0.1) is 5.92 Å². The minimum Gasteiger partial charge on any atom is -0.381 e. The molecule has 1 unspecified atom stereocenters. The van der Waals surface area contributed by atoms with Gasteiger partial charge in [-0.05, 0) is 56.7 Å². The lowest BCUT2D eigenvalue weighted by molar-refractivity contribution is 0.103. The van der Waals surface area contributed by atoms with Crippen molar-refractivity contribution < 1.29 is 4.74 Å². The standard InChI is InChI=1S/C18H30ClNO/c1-14(2)13-21-11-10-16(12-20-18(3,4)5)15-6-8-17(19)9-7-15/h6-9,14,16,20H,10-13H2,1-5H3. The highest BCUT2D eigenvalue weighted by Crippen LogP contribution is 2.22. The van der Waals surface area contributed by atoms with E-state index in [0.717, 1.165) is 31.2 Å². The van der Waals surface area contributed by atoms with Crippen molar-refractivity contribution in [1.29, 1.82) is 0 Å². The van der Waals surface area contributed by atoms with Gasteiger partial charge in [-0.25, -0.2) is 0 Å². The molecule has 1 N–H and O–H groups in total. The van der Waals surface area contributed by atoms with Gasteiger partial charge in [-0.1, -0.05) is 37.6 Å². The molecule has 0 aliphatic heterocycles. The van der Waals surface area contributed by atoms with Gasteiger partial charge in [0.2, 0.25) is 0 Å². The maximum Gasteiger partial charge on any atom is 0.0488 e. The molecule has 0 heterocycles. The van der Waals surface area contributed by atoms with Crippen molar-refractivity contribution in [2.75, 3.05) is 19.8 Å². The molecule has 1 rings (SSSR count). The van der Waals surface area contributed by atoms with Gasteiger partial charge < -0.3 is 10.1 Å². The summed E-state index contributed by atoms with van der Waals surface area (Å²) in [6.07, 6.45) is 1.03. The zero-order chi connectivity index (χ0) is 15.9. The third-order valence-electron chi connectivity index (χ3n) is 3.28. The van der Waals surface area contributed by atoms with E-state index in [1.54, 1.807) is 0 Å². The zero-order valence-electron chi connectivity index (χ0n) is 14.1. The molecule has 0 fully saturated rings. The van der Waals surface area contributed by atoms with Crippen molar-refractivity contribution in [3.63, 3.8) is 0 Å². The second-order valence-electron chi connectivity index (χ2n) is 7.14. The van der Waals surface area contributed by atoms with Crippen LogP contribution in [-0.4, -0.2) is 25.3 Å². The number of benzene rings is 1. The fourth-order valence-corrected chi connectivity index (χ4v) is 2.22. The summed E-state index contributed by atoms with van der Waals surface area (Å²) in [4.78, 5) is 0. The highest BCUT2D eigenvalue weighted by atomic mass is 35.5. The Morgan fingerprint density at radius 1 is 1.14 bits per heavy atom. The van der Waals surface area contributed by atoms with Gasteiger partial charge in [0.15, 0.2) is 0 Å². The average molecular weight is 312 g/mol. The van der Waals surface area contributed by atoms with Gasteiger partial charge in [0, 0.05) is 30.3 Å².